The highest BCUT2D eigenvalue weighted by Gasteiger charge is 2.33. The molecule has 1 aromatic heterocycles. The van der Waals surface area contributed by atoms with Crippen LogP contribution in [0.3, 0.4) is 0 Å². The van der Waals surface area contributed by atoms with Crippen molar-refractivity contribution in [2.75, 3.05) is 12.0 Å². The summed E-state index contributed by atoms with van der Waals surface area (Å²) in [5.74, 6) is 1.45. The summed E-state index contributed by atoms with van der Waals surface area (Å²) in [6, 6.07) is 13.1. The lowest BCUT2D eigenvalue weighted by Crippen LogP contribution is -2.42. The van der Waals surface area contributed by atoms with Gasteiger partial charge in [0.05, 0.1) is 23.8 Å². The molecule has 2 aromatic carbocycles. The predicted octanol–water partition coefficient (Wildman–Crippen LogP) is 6.16. The number of hydrogen-bond donors (Lipinski definition) is 0. The molecular formula is C29H35N3O3. The minimum atomic E-state index is -0.325. The van der Waals surface area contributed by atoms with Gasteiger partial charge in [0.1, 0.15) is 11.6 Å². The van der Waals surface area contributed by atoms with E-state index >= 15 is 0 Å². The number of carbonyl (C=O) groups excluding carboxylic acids is 2. The lowest BCUT2D eigenvalue weighted by atomic mass is 9.83. The summed E-state index contributed by atoms with van der Waals surface area (Å²) in [5.41, 5.74) is 6.58. The third-order valence-electron chi connectivity index (χ3n) is 7.97. The van der Waals surface area contributed by atoms with Crippen LogP contribution in [0, 0.1) is 12.8 Å². The fourth-order valence-electron chi connectivity index (χ4n) is 6.01. The Morgan fingerprint density at radius 2 is 1.86 bits per heavy atom. The van der Waals surface area contributed by atoms with Crippen molar-refractivity contribution in [3.05, 3.63) is 58.9 Å². The van der Waals surface area contributed by atoms with Crippen LogP contribution >= 0.6 is 0 Å². The number of nitrogens with zero attached hydrogens (tertiary/aromatic N) is 3. The summed E-state index contributed by atoms with van der Waals surface area (Å²) in [6.07, 6.45) is 6.11. The number of ketones is 1. The molecule has 0 saturated heterocycles. The normalized spacial score (nSPS) is 22.2. The zero-order chi connectivity index (χ0) is 24.7. The van der Waals surface area contributed by atoms with Crippen molar-refractivity contribution < 1.29 is 14.3 Å². The molecule has 1 aliphatic carbocycles. The molecule has 6 nitrogen and oxygen atoms in total. The minimum absolute atomic E-state index is 0.0798. The Bertz CT molecular complexity index is 1260. The van der Waals surface area contributed by atoms with E-state index in [1.807, 2.05) is 0 Å². The molecule has 0 radical (unpaired) electrons. The molecule has 35 heavy (non-hydrogen) atoms. The number of benzene rings is 2. The highest BCUT2D eigenvalue weighted by atomic mass is 16.5. The number of hydrogen-bond acceptors (Lipinski definition) is 4. The van der Waals surface area contributed by atoms with Gasteiger partial charge in [-0.2, -0.15) is 0 Å². The quantitative estimate of drug-likeness (QED) is 0.455. The van der Waals surface area contributed by atoms with E-state index in [0.29, 0.717) is 5.78 Å². The number of carbonyl (C=O) groups is 2. The Balaban J connectivity index is 1.65. The number of aromatic nitrogens is 2. The van der Waals surface area contributed by atoms with Gasteiger partial charge in [-0.05, 0) is 70.6 Å². The summed E-state index contributed by atoms with van der Waals surface area (Å²) in [5, 5.41) is 0. The SMILES string of the molecule is COC(=O)N1c2ccc3c(nc(Cc4ccc(C)cc4)n3[C@@H]3CCC[C@@H](C(C)=O)C3)c2CC[C@@H]1C. The molecule has 5 rings (SSSR count). The van der Waals surface area contributed by atoms with Gasteiger partial charge in [-0.25, -0.2) is 9.78 Å². The third-order valence-corrected chi connectivity index (χ3v) is 7.97. The molecule has 6 heteroatoms. The molecule has 1 aliphatic heterocycles. The van der Waals surface area contributed by atoms with E-state index in [-0.39, 0.29) is 24.1 Å². The van der Waals surface area contributed by atoms with Crippen LogP contribution in [0.2, 0.25) is 0 Å². The zero-order valence-electron chi connectivity index (χ0n) is 21.2. The lowest BCUT2D eigenvalue weighted by molar-refractivity contribution is -0.122. The second-order valence-corrected chi connectivity index (χ2v) is 10.3. The van der Waals surface area contributed by atoms with E-state index in [0.717, 1.165) is 73.1 Å². The van der Waals surface area contributed by atoms with Crippen LogP contribution in [-0.4, -0.2) is 34.6 Å². The molecule has 3 atom stereocenters. The van der Waals surface area contributed by atoms with Crippen LogP contribution in [0.5, 0.6) is 0 Å². The van der Waals surface area contributed by atoms with E-state index in [1.54, 1.807) is 11.8 Å². The number of fused-ring (bicyclic) bond motifs is 3. The van der Waals surface area contributed by atoms with Crippen molar-refractivity contribution in [1.82, 2.24) is 9.55 Å². The molecule has 1 amide bonds. The zero-order valence-corrected chi connectivity index (χ0v) is 21.2. The molecule has 1 fully saturated rings. The van der Waals surface area contributed by atoms with Crippen molar-refractivity contribution in [3.8, 4) is 0 Å². The Kier molecular flexibility index (Phi) is 6.39. The van der Waals surface area contributed by atoms with Crippen molar-refractivity contribution in [3.63, 3.8) is 0 Å². The smallest absolute Gasteiger partial charge is 0.414 e. The fourth-order valence-corrected chi connectivity index (χ4v) is 6.01. The Morgan fingerprint density at radius 3 is 2.57 bits per heavy atom. The van der Waals surface area contributed by atoms with E-state index in [1.165, 1.54) is 18.2 Å². The molecule has 3 aromatic rings. The maximum atomic E-state index is 12.6. The predicted molar refractivity (Wildman–Crippen MR) is 138 cm³/mol. The summed E-state index contributed by atoms with van der Waals surface area (Å²) in [4.78, 5) is 31.9. The number of rotatable bonds is 4. The summed E-state index contributed by atoms with van der Waals surface area (Å²) in [6.45, 7) is 5.89. The molecule has 184 valence electrons. The first-order valence-corrected chi connectivity index (χ1v) is 12.8. The van der Waals surface area contributed by atoms with E-state index < -0.39 is 0 Å². The average Bonchev–Trinajstić information content (AvgIpc) is 3.23. The van der Waals surface area contributed by atoms with Crippen molar-refractivity contribution in [2.24, 2.45) is 5.92 Å². The number of anilines is 1. The van der Waals surface area contributed by atoms with Gasteiger partial charge in [-0.15, -0.1) is 0 Å². The van der Waals surface area contributed by atoms with Gasteiger partial charge < -0.3 is 9.30 Å². The summed E-state index contributed by atoms with van der Waals surface area (Å²) in [7, 11) is 1.44. The van der Waals surface area contributed by atoms with Gasteiger partial charge in [0.25, 0.3) is 0 Å². The van der Waals surface area contributed by atoms with E-state index in [4.69, 9.17) is 9.72 Å². The largest absolute Gasteiger partial charge is 0.452 e. The first-order chi connectivity index (χ1) is 16.9. The number of aryl methyl sites for hydroxylation is 2. The number of methoxy groups -OCH3 is 1. The summed E-state index contributed by atoms with van der Waals surface area (Å²) < 4.78 is 7.51. The molecule has 2 heterocycles. The number of ether oxygens (including phenoxy) is 1. The number of Topliss-reactive ketones (excluding diaryl/α,β-unsaturated/α-hetero) is 1. The highest BCUT2D eigenvalue weighted by Crippen LogP contribution is 2.41. The van der Waals surface area contributed by atoms with E-state index in [9.17, 15) is 9.59 Å². The number of amides is 1. The van der Waals surface area contributed by atoms with Crippen LogP contribution in [0.15, 0.2) is 36.4 Å². The average molecular weight is 474 g/mol. The third kappa shape index (κ3) is 4.35. The Hall–Kier alpha value is -3.15. The van der Waals surface area contributed by atoms with Crippen LogP contribution in [0.4, 0.5) is 10.5 Å². The molecule has 0 spiro atoms. The van der Waals surface area contributed by atoms with Gasteiger partial charge in [-0.3, -0.25) is 9.69 Å². The first kappa shape index (κ1) is 23.6. The maximum Gasteiger partial charge on any atom is 0.414 e. The minimum Gasteiger partial charge on any atom is -0.452 e. The topological polar surface area (TPSA) is 64.4 Å². The fraction of sp³-hybridized carbons (Fsp3) is 0.483. The molecule has 0 N–H and O–H groups in total. The first-order valence-electron chi connectivity index (χ1n) is 12.8. The van der Waals surface area contributed by atoms with Gasteiger partial charge >= 0.3 is 6.09 Å². The molecule has 2 aliphatic rings. The Labute approximate surface area is 207 Å². The van der Waals surface area contributed by atoms with Crippen molar-refractivity contribution in [2.45, 2.75) is 77.8 Å². The van der Waals surface area contributed by atoms with Crippen LogP contribution in [0.1, 0.15) is 74.5 Å². The van der Waals surface area contributed by atoms with Crippen molar-refractivity contribution in [1.29, 1.82) is 0 Å². The highest BCUT2D eigenvalue weighted by molar-refractivity contribution is 5.95. The Morgan fingerprint density at radius 1 is 1.09 bits per heavy atom. The molecular weight excluding hydrogens is 438 g/mol. The second kappa shape index (κ2) is 9.48. The van der Waals surface area contributed by atoms with Gasteiger partial charge in [0.15, 0.2) is 0 Å². The second-order valence-electron chi connectivity index (χ2n) is 10.3. The van der Waals surface area contributed by atoms with Gasteiger partial charge in [-0.1, -0.05) is 36.2 Å². The molecule has 1 saturated carbocycles. The maximum absolute atomic E-state index is 12.6. The van der Waals surface area contributed by atoms with Gasteiger partial charge in [0, 0.05) is 30.0 Å². The van der Waals surface area contributed by atoms with E-state index in [2.05, 4.69) is 54.8 Å². The van der Waals surface area contributed by atoms with Gasteiger partial charge in [0.2, 0.25) is 0 Å². The van der Waals surface area contributed by atoms with Crippen LogP contribution < -0.4 is 4.90 Å². The monoisotopic (exact) mass is 473 g/mol. The molecule has 0 bridgehead atoms. The van der Waals surface area contributed by atoms with Crippen LogP contribution in [-0.2, 0) is 22.4 Å². The van der Waals surface area contributed by atoms with Crippen LogP contribution in [0.25, 0.3) is 11.0 Å². The standard InChI is InChI=1S/C29H35N3O3/c1-18-8-11-21(12-9-18)16-27-30-28-24-13-10-19(2)31(29(34)35-4)25(24)14-15-26(28)32(27)23-7-5-6-22(17-23)20(3)33/h8-9,11-12,14-15,19,22-23H,5-7,10,13,16-17H2,1-4H3/t19-,22+,23+/m0/s1. The lowest BCUT2D eigenvalue weighted by Gasteiger charge is -2.34. The summed E-state index contributed by atoms with van der Waals surface area (Å²) >= 11 is 0. The number of imidazole rings is 1. The molecule has 0 unspecified atom stereocenters. The van der Waals surface area contributed by atoms with Crippen molar-refractivity contribution >= 4 is 28.6 Å².